The van der Waals surface area contributed by atoms with Gasteiger partial charge in [0.25, 0.3) is 5.91 Å². The number of ether oxygens (including phenoxy) is 1. The number of nitrogens with zero attached hydrogens (tertiary/aromatic N) is 1. The highest BCUT2D eigenvalue weighted by Gasteiger charge is 2.23. The second kappa shape index (κ2) is 7.39. The predicted octanol–water partition coefficient (Wildman–Crippen LogP) is 4.02. The molecule has 0 radical (unpaired) electrons. The summed E-state index contributed by atoms with van der Waals surface area (Å²) in [5.74, 6) is -0.929. The third kappa shape index (κ3) is 3.59. The van der Waals surface area contributed by atoms with Gasteiger partial charge in [-0.25, -0.2) is 9.78 Å². The highest BCUT2D eigenvalue weighted by Crippen LogP contribution is 2.20. The van der Waals surface area contributed by atoms with E-state index in [1.165, 1.54) is 6.39 Å². The number of aryl methyl sites for hydroxylation is 1. The van der Waals surface area contributed by atoms with Gasteiger partial charge in [-0.15, -0.1) is 0 Å². The third-order valence-electron chi connectivity index (χ3n) is 4.34. The van der Waals surface area contributed by atoms with Gasteiger partial charge in [0.1, 0.15) is 5.52 Å². The number of benzene rings is 2. The van der Waals surface area contributed by atoms with Gasteiger partial charge in [0.05, 0.1) is 5.56 Å². The molecule has 6 heteroatoms. The van der Waals surface area contributed by atoms with Gasteiger partial charge in [0.2, 0.25) is 0 Å². The fourth-order valence-electron chi connectivity index (χ4n) is 2.60. The Morgan fingerprint density at radius 1 is 1.23 bits per heavy atom. The largest absolute Gasteiger partial charge is 0.449 e. The van der Waals surface area contributed by atoms with Gasteiger partial charge >= 0.3 is 5.97 Å². The lowest BCUT2D eigenvalue weighted by Crippen LogP contribution is -2.32. The lowest BCUT2D eigenvalue weighted by atomic mass is 10.1. The molecule has 1 unspecified atom stereocenters. The van der Waals surface area contributed by atoms with Crippen molar-refractivity contribution in [2.45, 2.75) is 33.3 Å². The second-order valence-corrected chi connectivity index (χ2v) is 6.07. The molecule has 26 heavy (non-hydrogen) atoms. The Labute approximate surface area is 151 Å². The van der Waals surface area contributed by atoms with Crippen LogP contribution in [-0.4, -0.2) is 23.0 Å². The molecule has 6 nitrogen and oxygen atoms in total. The molecule has 1 heterocycles. The molecule has 0 aliphatic carbocycles. The molecular weight excluding hydrogens is 332 g/mol. The van der Waals surface area contributed by atoms with E-state index in [0.717, 1.165) is 11.1 Å². The molecule has 0 saturated heterocycles. The number of hydrogen-bond donors (Lipinski definition) is 1. The first-order valence-corrected chi connectivity index (χ1v) is 8.41. The molecule has 0 fully saturated rings. The van der Waals surface area contributed by atoms with Crippen LogP contribution in [0, 0.1) is 13.8 Å². The smallest absolute Gasteiger partial charge is 0.339 e. The minimum atomic E-state index is -0.882. The SMILES string of the molecule is CCC(OC(=O)c1ccc2ncoc2c1)C(=O)Nc1cccc(C)c1C. The standard InChI is InChI=1S/C20H20N2O4/c1-4-17(19(23)22-15-7-5-6-12(2)13(15)3)26-20(24)14-8-9-16-18(10-14)25-11-21-16/h5-11,17H,4H2,1-3H3,(H,22,23). The lowest BCUT2D eigenvalue weighted by Gasteiger charge is -2.17. The van der Waals surface area contributed by atoms with Crippen molar-refractivity contribution in [3.05, 3.63) is 59.5 Å². The van der Waals surface area contributed by atoms with Crippen LogP contribution in [0.25, 0.3) is 11.1 Å². The Morgan fingerprint density at radius 3 is 2.81 bits per heavy atom. The first kappa shape index (κ1) is 17.7. The summed E-state index contributed by atoms with van der Waals surface area (Å²) in [6.07, 6.45) is 0.798. The van der Waals surface area contributed by atoms with Gasteiger partial charge in [-0.1, -0.05) is 19.1 Å². The number of carbonyl (C=O) groups is 2. The molecule has 0 bridgehead atoms. The van der Waals surface area contributed by atoms with E-state index < -0.39 is 12.1 Å². The number of anilines is 1. The average molecular weight is 352 g/mol. The predicted molar refractivity (Wildman–Crippen MR) is 98.0 cm³/mol. The highest BCUT2D eigenvalue weighted by atomic mass is 16.5. The molecule has 3 rings (SSSR count). The minimum absolute atomic E-state index is 0.312. The van der Waals surface area contributed by atoms with Crippen molar-refractivity contribution >= 4 is 28.7 Å². The summed E-state index contributed by atoms with van der Waals surface area (Å²) in [7, 11) is 0. The van der Waals surface area contributed by atoms with E-state index in [0.29, 0.717) is 28.8 Å². The van der Waals surface area contributed by atoms with Crippen LogP contribution < -0.4 is 5.32 Å². The van der Waals surface area contributed by atoms with E-state index in [9.17, 15) is 9.59 Å². The number of aromatic nitrogens is 1. The van der Waals surface area contributed by atoms with Gasteiger partial charge in [0.15, 0.2) is 18.1 Å². The van der Waals surface area contributed by atoms with Crippen LogP contribution in [0.1, 0.15) is 34.8 Å². The van der Waals surface area contributed by atoms with Crippen molar-refractivity contribution in [1.82, 2.24) is 4.98 Å². The maximum absolute atomic E-state index is 12.5. The average Bonchev–Trinajstić information content (AvgIpc) is 3.10. The summed E-state index contributed by atoms with van der Waals surface area (Å²) in [5, 5.41) is 2.84. The number of carbonyl (C=O) groups excluding carboxylic acids is 2. The Balaban J connectivity index is 1.72. The van der Waals surface area contributed by atoms with Gasteiger partial charge in [0, 0.05) is 5.69 Å². The number of fused-ring (bicyclic) bond motifs is 1. The van der Waals surface area contributed by atoms with E-state index in [2.05, 4.69) is 10.3 Å². The fourth-order valence-corrected chi connectivity index (χ4v) is 2.60. The zero-order valence-electron chi connectivity index (χ0n) is 14.9. The van der Waals surface area contributed by atoms with Crippen LogP contribution in [0.15, 0.2) is 47.2 Å². The fraction of sp³-hybridized carbons (Fsp3) is 0.250. The van der Waals surface area contributed by atoms with Crippen LogP contribution >= 0.6 is 0 Å². The zero-order chi connectivity index (χ0) is 18.7. The van der Waals surface area contributed by atoms with Gasteiger partial charge < -0.3 is 14.5 Å². The number of oxazole rings is 1. The summed E-state index contributed by atoms with van der Waals surface area (Å²) in [6, 6.07) is 10.5. The van der Waals surface area contributed by atoms with E-state index in [1.807, 2.05) is 32.0 Å². The molecule has 0 saturated carbocycles. The van der Waals surface area contributed by atoms with Gasteiger partial charge in [-0.05, 0) is 55.7 Å². The highest BCUT2D eigenvalue weighted by molar-refractivity contribution is 5.99. The summed E-state index contributed by atoms with van der Waals surface area (Å²) in [5.41, 5.74) is 4.24. The molecule has 1 N–H and O–H groups in total. The van der Waals surface area contributed by atoms with Crippen molar-refractivity contribution in [3.63, 3.8) is 0 Å². The molecule has 0 spiro atoms. The molecular formula is C20H20N2O4. The Morgan fingerprint density at radius 2 is 2.04 bits per heavy atom. The molecule has 3 aromatic rings. The maximum atomic E-state index is 12.5. The quantitative estimate of drug-likeness (QED) is 0.702. The first-order chi connectivity index (χ1) is 12.5. The number of hydrogen-bond acceptors (Lipinski definition) is 5. The summed E-state index contributed by atoms with van der Waals surface area (Å²) < 4.78 is 10.6. The monoisotopic (exact) mass is 352 g/mol. The lowest BCUT2D eigenvalue weighted by molar-refractivity contribution is -0.124. The van der Waals surface area contributed by atoms with Crippen LogP contribution in [0.5, 0.6) is 0 Å². The minimum Gasteiger partial charge on any atom is -0.449 e. The van der Waals surface area contributed by atoms with E-state index in [1.54, 1.807) is 25.1 Å². The van der Waals surface area contributed by atoms with Crippen LogP contribution in [0.4, 0.5) is 5.69 Å². The maximum Gasteiger partial charge on any atom is 0.339 e. The number of amides is 1. The molecule has 0 aliphatic rings. The van der Waals surface area contributed by atoms with Crippen molar-refractivity contribution in [2.75, 3.05) is 5.32 Å². The number of esters is 1. The van der Waals surface area contributed by atoms with Crippen molar-refractivity contribution < 1.29 is 18.7 Å². The topological polar surface area (TPSA) is 81.4 Å². The second-order valence-electron chi connectivity index (χ2n) is 6.07. The normalized spacial score (nSPS) is 12.0. The van der Waals surface area contributed by atoms with Crippen LogP contribution in [0.2, 0.25) is 0 Å². The molecule has 1 aromatic heterocycles. The molecule has 0 aliphatic heterocycles. The van der Waals surface area contributed by atoms with Crippen LogP contribution in [-0.2, 0) is 9.53 Å². The number of rotatable bonds is 5. The number of nitrogens with one attached hydrogen (secondary N) is 1. The third-order valence-corrected chi connectivity index (χ3v) is 4.34. The van der Waals surface area contributed by atoms with Crippen LogP contribution in [0.3, 0.4) is 0 Å². The zero-order valence-corrected chi connectivity index (χ0v) is 14.9. The molecule has 1 amide bonds. The van der Waals surface area contributed by atoms with Crippen molar-refractivity contribution in [2.24, 2.45) is 0 Å². The van der Waals surface area contributed by atoms with Gasteiger partial charge in [-0.2, -0.15) is 0 Å². The molecule has 134 valence electrons. The first-order valence-electron chi connectivity index (χ1n) is 8.41. The van der Waals surface area contributed by atoms with E-state index >= 15 is 0 Å². The van der Waals surface area contributed by atoms with Crippen molar-refractivity contribution in [3.8, 4) is 0 Å². The van der Waals surface area contributed by atoms with E-state index in [4.69, 9.17) is 9.15 Å². The molecule has 1 atom stereocenters. The van der Waals surface area contributed by atoms with Crippen molar-refractivity contribution in [1.29, 1.82) is 0 Å². The molecule has 2 aromatic carbocycles. The summed E-state index contributed by atoms with van der Waals surface area (Å²) in [4.78, 5) is 28.9. The Kier molecular flexibility index (Phi) is 5.02. The summed E-state index contributed by atoms with van der Waals surface area (Å²) in [6.45, 7) is 5.70. The van der Waals surface area contributed by atoms with E-state index in [-0.39, 0.29) is 5.91 Å². The Bertz CT molecular complexity index is 961. The Hall–Kier alpha value is -3.15. The summed E-state index contributed by atoms with van der Waals surface area (Å²) >= 11 is 0. The van der Waals surface area contributed by atoms with Gasteiger partial charge in [-0.3, -0.25) is 4.79 Å².